The minimum absolute atomic E-state index is 0.131. The number of benzene rings is 1. The number of amides is 1. The maximum absolute atomic E-state index is 13.8. The second kappa shape index (κ2) is 9.37. The number of nitrogens with two attached hydrogens (primary N) is 1. The van der Waals surface area contributed by atoms with E-state index in [0.29, 0.717) is 17.7 Å². The van der Waals surface area contributed by atoms with E-state index >= 15 is 0 Å². The molecule has 33 heavy (non-hydrogen) atoms. The zero-order chi connectivity index (χ0) is 23.6. The number of hydrogen-bond donors (Lipinski definition) is 3. The van der Waals surface area contributed by atoms with Gasteiger partial charge < -0.3 is 21.3 Å². The maximum atomic E-state index is 13.8. The van der Waals surface area contributed by atoms with Crippen LogP contribution >= 0.6 is 0 Å². The Morgan fingerprint density at radius 3 is 2.67 bits per heavy atom. The molecule has 2 aliphatic rings. The number of aromatic nitrogens is 1. The fourth-order valence-electron chi connectivity index (χ4n) is 5.30. The summed E-state index contributed by atoms with van der Waals surface area (Å²) in [4.78, 5) is 18.9. The summed E-state index contributed by atoms with van der Waals surface area (Å²) in [5.41, 5.74) is 8.06. The molecule has 1 aliphatic carbocycles. The zero-order valence-corrected chi connectivity index (χ0v) is 18.9. The fourth-order valence-corrected chi connectivity index (χ4v) is 5.30. The molecule has 1 aromatic heterocycles. The lowest BCUT2D eigenvalue weighted by Gasteiger charge is -2.41. The molecule has 1 saturated heterocycles. The SMILES string of the molecule is CNc1ccc(N2CC(NC(=O)CC3(N)CCCCC3)CC(C(F)(F)F)C2)c2cccnc12. The van der Waals surface area contributed by atoms with E-state index in [2.05, 4.69) is 15.6 Å². The highest BCUT2D eigenvalue weighted by atomic mass is 19.4. The first kappa shape index (κ1) is 23.6. The molecule has 1 saturated carbocycles. The zero-order valence-electron chi connectivity index (χ0n) is 18.9. The quantitative estimate of drug-likeness (QED) is 0.619. The van der Waals surface area contributed by atoms with Gasteiger partial charge in [0.2, 0.25) is 5.91 Å². The monoisotopic (exact) mass is 463 g/mol. The molecular formula is C24H32F3N5O. The van der Waals surface area contributed by atoms with Gasteiger partial charge in [-0.1, -0.05) is 19.3 Å². The average molecular weight is 464 g/mol. The maximum Gasteiger partial charge on any atom is 0.393 e. The van der Waals surface area contributed by atoms with Crippen molar-refractivity contribution in [2.75, 3.05) is 30.4 Å². The Morgan fingerprint density at radius 2 is 1.97 bits per heavy atom. The molecule has 2 unspecified atom stereocenters. The normalized spacial score (nSPS) is 23.4. The van der Waals surface area contributed by atoms with Crippen molar-refractivity contribution in [3.05, 3.63) is 30.5 Å². The molecule has 4 rings (SSSR count). The molecule has 180 valence electrons. The van der Waals surface area contributed by atoms with Crippen molar-refractivity contribution in [3.8, 4) is 0 Å². The van der Waals surface area contributed by atoms with E-state index in [-0.39, 0.29) is 25.3 Å². The third-order valence-corrected chi connectivity index (χ3v) is 7.00. The Hall–Kier alpha value is -2.55. The molecule has 4 N–H and O–H groups in total. The first-order valence-corrected chi connectivity index (χ1v) is 11.6. The number of nitrogens with one attached hydrogen (secondary N) is 2. The molecule has 0 spiro atoms. The van der Waals surface area contributed by atoms with Crippen molar-refractivity contribution >= 4 is 28.2 Å². The molecule has 1 aliphatic heterocycles. The summed E-state index contributed by atoms with van der Waals surface area (Å²) >= 11 is 0. The van der Waals surface area contributed by atoms with Crippen molar-refractivity contribution in [2.45, 2.75) is 62.7 Å². The van der Waals surface area contributed by atoms with E-state index in [1.165, 1.54) is 0 Å². The molecule has 1 aromatic carbocycles. The highest BCUT2D eigenvalue weighted by Crippen LogP contribution is 2.38. The Morgan fingerprint density at radius 1 is 1.21 bits per heavy atom. The number of nitrogens with zero attached hydrogens (tertiary/aromatic N) is 2. The van der Waals surface area contributed by atoms with Gasteiger partial charge in [-0.25, -0.2) is 0 Å². The van der Waals surface area contributed by atoms with Crippen molar-refractivity contribution in [3.63, 3.8) is 0 Å². The Kier molecular flexibility index (Phi) is 6.70. The van der Waals surface area contributed by atoms with Crippen LogP contribution < -0.4 is 21.3 Å². The average Bonchev–Trinajstić information content (AvgIpc) is 2.77. The van der Waals surface area contributed by atoms with E-state index < -0.39 is 23.7 Å². The van der Waals surface area contributed by atoms with Gasteiger partial charge in [-0.3, -0.25) is 9.78 Å². The summed E-state index contributed by atoms with van der Waals surface area (Å²) in [6, 6.07) is 6.69. The lowest BCUT2D eigenvalue weighted by Crippen LogP contribution is -2.55. The van der Waals surface area contributed by atoms with E-state index in [1.54, 1.807) is 24.2 Å². The number of hydrogen-bond acceptors (Lipinski definition) is 5. The van der Waals surface area contributed by atoms with E-state index in [0.717, 1.165) is 43.2 Å². The van der Waals surface area contributed by atoms with Gasteiger partial charge in [0.05, 0.1) is 17.1 Å². The van der Waals surface area contributed by atoms with Gasteiger partial charge in [0, 0.05) is 55.4 Å². The Bertz CT molecular complexity index is 990. The third kappa shape index (κ3) is 5.34. The summed E-state index contributed by atoms with van der Waals surface area (Å²) < 4.78 is 41.5. The summed E-state index contributed by atoms with van der Waals surface area (Å²) in [5.74, 6) is -1.79. The number of carbonyl (C=O) groups is 1. The number of piperidine rings is 1. The van der Waals surface area contributed by atoms with Crippen LogP contribution in [0.4, 0.5) is 24.5 Å². The van der Waals surface area contributed by atoms with Gasteiger partial charge in [0.15, 0.2) is 0 Å². The van der Waals surface area contributed by atoms with Crippen molar-refractivity contribution < 1.29 is 18.0 Å². The molecule has 2 aromatic rings. The third-order valence-electron chi connectivity index (χ3n) is 7.00. The number of halogens is 3. The van der Waals surface area contributed by atoms with Crippen LogP contribution in [0.2, 0.25) is 0 Å². The molecule has 0 radical (unpaired) electrons. The number of fused-ring (bicyclic) bond motifs is 1. The highest BCUT2D eigenvalue weighted by Gasteiger charge is 2.45. The minimum atomic E-state index is -4.35. The number of carbonyl (C=O) groups excluding carboxylic acids is 1. The number of alkyl halides is 3. The van der Waals surface area contributed by atoms with Crippen molar-refractivity contribution in [1.82, 2.24) is 10.3 Å². The van der Waals surface area contributed by atoms with Crippen LogP contribution in [-0.2, 0) is 4.79 Å². The van der Waals surface area contributed by atoms with Crippen LogP contribution in [0.1, 0.15) is 44.9 Å². The summed E-state index contributed by atoms with van der Waals surface area (Å²) in [5, 5.41) is 6.73. The molecule has 2 atom stereocenters. The van der Waals surface area contributed by atoms with Gasteiger partial charge in [0.25, 0.3) is 0 Å². The largest absolute Gasteiger partial charge is 0.393 e. The van der Waals surface area contributed by atoms with Crippen LogP contribution in [0.15, 0.2) is 30.5 Å². The standard InChI is InChI=1S/C24H32F3N5O/c1-29-19-7-8-20(18-6-5-11-30-22(18)19)32-14-16(24(25,26)27)12-17(15-32)31-21(33)13-23(28)9-3-2-4-10-23/h5-8,11,16-17,29H,2-4,9-10,12-15,28H2,1H3,(H,31,33). The van der Waals surface area contributed by atoms with Crippen LogP contribution in [0.25, 0.3) is 10.9 Å². The topological polar surface area (TPSA) is 83.3 Å². The van der Waals surface area contributed by atoms with Crippen molar-refractivity contribution in [2.24, 2.45) is 11.7 Å². The Balaban J connectivity index is 1.57. The first-order valence-electron chi connectivity index (χ1n) is 11.6. The lowest BCUT2D eigenvalue weighted by molar-refractivity contribution is -0.178. The Labute approximate surface area is 192 Å². The summed E-state index contributed by atoms with van der Waals surface area (Å²) in [7, 11) is 1.78. The van der Waals surface area contributed by atoms with Crippen molar-refractivity contribution in [1.29, 1.82) is 0 Å². The lowest BCUT2D eigenvalue weighted by atomic mass is 9.80. The number of rotatable bonds is 5. The molecule has 9 heteroatoms. The van der Waals surface area contributed by atoms with Gasteiger partial charge in [-0.05, 0) is 43.5 Å². The van der Waals surface area contributed by atoms with Crippen LogP contribution in [0.3, 0.4) is 0 Å². The molecule has 2 fully saturated rings. The predicted molar refractivity (Wildman–Crippen MR) is 124 cm³/mol. The minimum Gasteiger partial charge on any atom is -0.386 e. The van der Waals surface area contributed by atoms with E-state index in [9.17, 15) is 18.0 Å². The second-order valence-corrected chi connectivity index (χ2v) is 9.53. The first-order chi connectivity index (χ1) is 15.7. The number of anilines is 2. The smallest absolute Gasteiger partial charge is 0.386 e. The number of pyridine rings is 1. The summed E-state index contributed by atoms with van der Waals surface area (Å²) in [6.45, 7) is 0.151. The van der Waals surface area contributed by atoms with Gasteiger partial charge in [0.1, 0.15) is 0 Å². The fraction of sp³-hybridized carbons (Fsp3) is 0.583. The molecular weight excluding hydrogens is 431 g/mol. The van der Waals surface area contributed by atoms with Gasteiger partial charge >= 0.3 is 6.18 Å². The summed E-state index contributed by atoms with van der Waals surface area (Å²) in [6.07, 6.45) is 1.98. The van der Waals surface area contributed by atoms with E-state index in [1.807, 2.05) is 18.2 Å². The van der Waals surface area contributed by atoms with Crippen LogP contribution in [-0.4, -0.2) is 48.8 Å². The highest BCUT2D eigenvalue weighted by molar-refractivity contribution is 5.99. The van der Waals surface area contributed by atoms with E-state index in [4.69, 9.17) is 5.73 Å². The second-order valence-electron chi connectivity index (χ2n) is 9.53. The van der Waals surface area contributed by atoms with Crippen LogP contribution in [0.5, 0.6) is 0 Å². The van der Waals surface area contributed by atoms with Crippen LogP contribution in [0, 0.1) is 5.92 Å². The molecule has 6 nitrogen and oxygen atoms in total. The predicted octanol–water partition coefficient (Wildman–Crippen LogP) is 4.20. The van der Waals surface area contributed by atoms with Gasteiger partial charge in [-0.2, -0.15) is 13.2 Å². The molecule has 2 heterocycles. The molecule has 0 bridgehead atoms. The molecule has 1 amide bonds. The van der Waals surface area contributed by atoms with Gasteiger partial charge in [-0.15, -0.1) is 0 Å².